The molecular weight excluding hydrogens is 367 g/mol. The summed E-state index contributed by atoms with van der Waals surface area (Å²) in [6.45, 7) is 3.90. The van der Waals surface area contributed by atoms with Crippen molar-refractivity contribution in [2.75, 3.05) is 5.32 Å². The van der Waals surface area contributed by atoms with Crippen LogP contribution in [0, 0.1) is 17.4 Å². The molecular formula is C14H15IN4O. The van der Waals surface area contributed by atoms with Crippen LogP contribution in [0.1, 0.15) is 40.6 Å². The summed E-state index contributed by atoms with van der Waals surface area (Å²) in [6.07, 6.45) is 2.26. The van der Waals surface area contributed by atoms with Gasteiger partial charge in [-0.15, -0.1) is 10.2 Å². The number of anilines is 1. The molecule has 2 aromatic rings. The average Bonchev–Trinajstić information content (AvgIpc) is 3.14. The third-order valence-corrected chi connectivity index (χ3v) is 3.93. The first-order valence-corrected chi connectivity index (χ1v) is 7.62. The van der Waals surface area contributed by atoms with Crippen molar-refractivity contribution in [1.29, 1.82) is 0 Å². The smallest absolute Gasteiger partial charge is 0.258 e. The van der Waals surface area contributed by atoms with Crippen molar-refractivity contribution in [3.63, 3.8) is 0 Å². The standard InChI is InChI=1S/C14H15IN4O/c1-8-5-10(7-11(15)6-8)13(20)16-14-18-17-9(2)19(14)12-3-4-12/h5-7,12H,3-4H2,1-2H3,(H,16,18,20). The van der Waals surface area contributed by atoms with E-state index in [0.29, 0.717) is 17.6 Å². The molecule has 1 amide bonds. The molecule has 0 unspecified atom stereocenters. The van der Waals surface area contributed by atoms with Gasteiger partial charge in [0.15, 0.2) is 0 Å². The summed E-state index contributed by atoms with van der Waals surface area (Å²) in [4.78, 5) is 12.3. The quantitative estimate of drug-likeness (QED) is 0.831. The predicted molar refractivity (Wildman–Crippen MR) is 84.9 cm³/mol. The SMILES string of the molecule is Cc1cc(I)cc(C(=O)Nc2nnc(C)n2C2CC2)c1. The van der Waals surface area contributed by atoms with Gasteiger partial charge in [0.25, 0.3) is 5.91 Å². The molecule has 0 bridgehead atoms. The van der Waals surface area contributed by atoms with E-state index in [1.807, 2.05) is 36.6 Å². The summed E-state index contributed by atoms with van der Waals surface area (Å²) < 4.78 is 3.06. The van der Waals surface area contributed by atoms with Crippen molar-refractivity contribution in [2.45, 2.75) is 32.7 Å². The first-order chi connectivity index (χ1) is 9.54. The summed E-state index contributed by atoms with van der Waals surface area (Å²) in [6, 6.07) is 6.22. The van der Waals surface area contributed by atoms with E-state index in [0.717, 1.165) is 27.8 Å². The Balaban J connectivity index is 1.85. The van der Waals surface area contributed by atoms with Crippen molar-refractivity contribution >= 4 is 34.4 Å². The molecule has 0 saturated heterocycles. The number of carbonyl (C=O) groups excluding carboxylic acids is 1. The maximum absolute atomic E-state index is 12.3. The number of carbonyl (C=O) groups is 1. The third kappa shape index (κ3) is 2.70. The fourth-order valence-electron chi connectivity index (χ4n) is 2.27. The van der Waals surface area contributed by atoms with Crippen molar-refractivity contribution in [3.05, 3.63) is 38.7 Å². The van der Waals surface area contributed by atoms with Crippen LogP contribution in [0.3, 0.4) is 0 Å². The molecule has 1 fully saturated rings. The van der Waals surface area contributed by atoms with E-state index in [1.54, 1.807) is 0 Å². The normalized spacial score (nSPS) is 14.3. The zero-order chi connectivity index (χ0) is 14.3. The van der Waals surface area contributed by atoms with E-state index < -0.39 is 0 Å². The lowest BCUT2D eigenvalue weighted by atomic mass is 10.1. The number of aryl methyl sites for hydroxylation is 2. The van der Waals surface area contributed by atoms with Crippen LogP contribution in [0.15, 0.2) is 18.2 Å². The van der Waals surface area contributed by atoms with Gasteiger partial charge in [-0.25, -0.2) is 0 Å². The Kier molecular flexibility index (Phi) is 3.49. The average molecular weight is 382 g/mol. The minimum atomic E-state index is -0.138. The third-order valence-electron chi connectivity index (χ3n) is 3.31. The maximum Gasteiger partial charge on any atom is 0.258 e. The van der Waals surface area contributed by atoms with Gasteiger partial charge in [0, 0.05) is 15.2 Å². The number of amides is 1. The van der Waals surface area contributed by atoms with E-state index in [1.165, 1.54) is 0 Å². The summed E-state index contributed by atoms with van der Waals surface area (Å²) >= 11 is 2.21. The van der Waals surface area contributed by atoms with Crippen LogP contribution in [-0.2, 0) is 0 Å². The number of nitrogens with one attached hydrogen (secondary N) is 1. The van der Waals surface area contributed by atoms with Gasteiger partial charge >= 0.3 is 0 Å². The zero-order valence-corrected chi connectivity index (χ0v) is 13.5. The van der Waals surface area contributed by atoms with Crippen molar-refractivity contribution in [1.82, 2.24) is 14.8 Å². The molecule has 1 aromatic carbocycles. The minimum absolute atomic E-state index is 0.138. The molecule has 6 heteroatoms. The number of hydrogen-bond acceptors (Lipinski definition) is 3. The molecule has 3 rings (SSSR count). The van der Waals surface area contributed by atoms with Crippen LogP contribution in [0.25, 0.3) is 0 Å². The van der Waals surface area contributed by atoms with Gasteiger partial charge < -0.3 is 0 Å². The summed E-state index contributed by atoms with van der Waals surface area (Å²) in [5.41, 5.74) is 1.72. The lowest BCUT2D eigenvalue weighted by Crippen LogP contribution is -2.16. The molecule has 0 radical (unpaired) electrons. The van der Waals surface area contributed by atoms with E-state index in [4.69, 9.17) is 0 Å². The highest BCUT2D eigenvalue weighted by Gasteiger charge is 2.28. The van der Waals surface area contributed by atoms with Crippen LogP contribution >= 0.6 is 22.6 Å². The molecule has 20 heavy (non-hydrogen) atoms. The second kappa shape index (κ2) is 5.16. The van der Waals surface area contributed by atoms with Gasteiger partial charge in [-0.2, -0.15) is 0 Å². The lowest BCUT2D eigenvalue weighted by molar-refractivity contribution is 0.102. The summed E-state index contributed by atoms with van der Waals surface area (Å²) in [5.74, 6) is 1.26. The Morgan fingerprint density at radius 1 is 1.30 bits per heavy atom. The number of halogens is 1. The van der Waals surface area contributed by atoms with Gasteiger partial charge in [-0.05, 0) is 73.0 Å². The van der Waals surface area contributed by atoms with Crippen LogP contribution in [0.4, 0.5) is 5.95 Å². The predicted octanol–water partition coefficient (Wildman–Crippen LogP) is 3.09. The molecule has 1 aliphatic carbocycles. The number of aromatic nitrogens is 3. The second-order valence-corrected chi connectivity index (χ2v) is 6.39. The maximum atomic E-state index is 12.3. The molecule has 1 aromatic heterocycles. The number of nitrogens with zero attached hydrogens (tertiary/aromatic N) is 3. The van der Waals surface area contributed by atoms with Gasteiger partial charge in [-0.1, -0.05) is 0 Å². The van der Waals surface area contributed by atoms with Crippen molar-refractivity contribution in [2.24, 2.45) is 0 Å². The molecule has 1 heterocycles. The van der Waals surface area contributed by atoms with E-state index in [9.17, 15) is 4.79 Å². The molecule has 1 N–H and O–H groups in total. The molecule has 0 atom stereocenters. The Bertz CT molecular complexity index is 656. The fraction of sp³-hybridized carbons (Fsp3) is 0.357. The summed E-state index contributed by atoms with van der Waals surface area (Å²) in [7, 11) is 0. The van der Waals surface area contributed by atoms with E-state index >= 15 is 0 Å². The van der Waals surface area contributed by atoms with Gasteiger partial charge in [0.1, 0.15) is 5.82 Å². The van der Waals surface area contributed by atoms with Crippen molar-refractivity contribution in [3.8, 4) is 0 Å². The molecule has 1 saturated carbocycles. The largest absolute Gasteiger partial charge is 0.294 e. The number of hydrogen-bond donors (Lipinski definition) is 1. The second-order valence-electron chi connectivity index (χ2n) is 5.14. The Hall–Kier alpha value is -1.44. The Labute approximate surface area is 130 Å². The fourth-order valence-corrected chi connectivity index (χ4v) is 3.09. The number of rotatable bonds is 3. The molecule has 0 aliphatic heterocycles. The Morgan fingerprint density at radius 2 is 2.05 bits per heavy atom. The highest BCUT2D eigenvalue weighted by molar-refractivity contribution is 14.1. The molecule has 0 spiro atoms. The van der Waals surface area contributed by atoms with Crippen LogP contribution < -0.4 is 5.32 Å². The minimum Gasteiger partial charge on any atom is -0.294 e. The highest BCUT2D eigenvalue weighted by atomic mass is 127. The van der Waals surface area contributed by atoms with Crippen molar-refractivity contribution < 1.29 is 4.79 Å². The number of benzene rings is 1. The molecule has 1 aliphatic rings. The first kappa shape index (κ1) is 13.5. The summed E-state index contributed by atoms with van der Waals surface area (Å²) in [5, 5.41) is 11.0. The molecule has 5 nitrogen and oxygen atoms in total. The van der Waals surface area contributed by atoms with Crippen LogP contribution in [0.5, 0.6) is 0 Å². The van der Waals surface area contributed by atoms with E-state index in [2.05, 4.69) is 38.1 Å². The zero-order valence-electron chi connectivity index (χ0n) is 11.4. The van der Waals surface area contributed by atoms with Gasteiger partial charge in [0.05, 0.1) is 0 Å². The topological polar surface area (TPSA) is 59.8 Å². The Morgan fingerprint density at radius 3 is 2.70 bits per heavy atom. The lowest BCUT2D eigenvalue weighted by Gasteiger charge is -2.09. The van der Waals surface area contributed by atoms with Crippen LogP contribution in [-0.4, -0.2) is 20.7 Å². The van der Waals surface area contributed by atoms with Gasteiger partial charge in [-0.3, -0.25) is 14.7 Å². The van der Waals surface area contributed by atoms with Gasteiger partial charge in [0.2, 0.25) is 5.95 Å². The highest BCUT2D eigenvalue weighted by Crippen LogP contribution is 2.37. The monoisotopic (exact) mass is 382 g/mol. The molecule has 104 valence electrons. The first-order valence-electron chi connectivity index (χ1n) is 6.54. The van der Waals surface area contributed by atoms with Crippen LogP contribution in [0.2, 0.25) is 0 Å². The van der Waals surface area contributed by atoms with E-state index in [-0.39, 0.29) is 5.91 Å².